The van der Waals surface area contributed by atoms with Crippen LogP contribution in [0.15, 0.2) is 84.1 Å². The van der Waals surface area contributed by atoms with E-state index in [9.17, 15) is 27.6 Å². The minimum absolute atomic E-state index is 0.0934. The van der Waals surface area contributed by atoms with Crippen LogP contribution < -0.4 is 4.90 Å². The van der Waals surface area contributed by atoms with Gasteiger partial charge in [0.2, 0.25) is 5.91 Å². The Bertz CT molecular complexity index is 1600. The lowest BCUT2D eigenvalue weighted by Gasteiger charge is -2.36. The maximum Gasteiger partial charge on any atom is 0.416 e. The van der Waals surface area contributed by atoms with Gasteiger partial charge >= 0.3 is 12.1 Å². The number of rotatable bonds is 7. The van der Waals surface area contributed by atoms with E-state index in [1.165, 1.54) is 6.07 Å². The number of benzene rings is 3. The van der Waals surface area contributed by atoms with E-state index < -0.39 is 23.6 Å². The normalized spacial score (nSPS) is 17.5. The Balaban J connectivity index is 1.26. The van der Waals surface area contributed by atoms with Crippen LogP contribution >= 0.6 is 11.6 Å². The van der Waals surface area contributed by atoms with Crippen molar-refractivity contribution in [1.29, 1.82) is 0 Å². The monoisotopic (exact) mass is 639 g/mol. The fraction of sp³-hybridized carbons (Fsp3) is 0.324. The topological polar surface area (TPSA) is 70.2 Å². The molecule has 0 bridgehead atoms. The van der Waals surface area contributed by atoms with Crippen molar-refractivity contribution in [3.8, 4) is 0 Å². The zero-order valence-electron chi connectivity index (χ0n) is 24.9. The zero-order chi connectivity index (χ0) is 32.3. The van der Waals surface area contributed by atoms with Crippen molar-refractivity contribution in [3.63, 3.8) is 0 Å². The van der Waals surface area contributed by atoms with Crippen LogP contribution in [-0.2, 0) is 27.0 Å². The molecular formula is C34H33ClF3N3O4. The van der Waals surface area contributed by atoms with Gasteiger partial charge in [0, 0.05) is 60.5 Å². The second-order valence-corrected chi connectivity index (χ2v) is 11.5. The molecule has 0 spiro atoms. The largest absolute Gasteiger partial charge is 0.463 e. The van der Waals surface area contributed by atoms with Gasteiger partial charge in [-0.15, -0.1) is 0 Å². The van der Waals surface area contributed by atoms with Gasteiger partial charge in [-0.3, -0.25) is 9.59 Å². The van der Waals surface area contributed by atoms with Gasteiger partial charge in [0.25, 0.3) is 5.91 Å². The average molecular weight is 640 g/mol. The number of piperazine rings is 1. The quantitative estimate of drug-likeness (QED) is 0.270. The van der Waals surface area contributed by atoms with Gasteiger partial charge in [-0.05, 0) is 67.4 Å². The van der Waals surface area contributed by atoms with Crippen LogP contribution in [0.2, 0.25) is 5.02 Å². The number of esters is 1. The molecule has 3 aromatic rings. The van der Waals surface area contributed by atoms with Crippen molar-refractivity contribution in [2.45, 2.75) is 38.9 Å². The van der Waals surface area contributed by atoms with E-state index in [0.29, 0.717) is 53.7 Å². The first-order chi connectivity index (χ1) is 21.5. The van der Waals surface area contributed by atoms with Gasteiger partial charge in [0.05, 0.1) is 24.3 Å². The lowest BCUT2D eigenvalue weighted by molar-refractivity contribution is -0.140. The Kier molecular flexibility index (Phi) is 9.53. The van der Waals surface area contributed by atoms with Crippen molar-refractivity contribution in [1.82, 2.24) is 9.80 Å². The molecule has 1 saturated heterocycles. The number of hydrogen-bond acceptors (Lipinski definition) is 5. The molecule has 0 aliphatic carbocycles. The van der Waals surface area contributed by atoms with Crippen molar-refractivity contribution < 1.29 is 32.3 Å². The Morgan fingerprint density at radius 3 is 2.24 bits per heavy atom. The van der Waals surface area contributed by atoms with Crippen molar-refractivity contribution >= 4 is 35.1 Å². The highest BCUT2D eigenvalue weighted by Crippen LogP contribution is 2.38. The molecule has 0 saturated carbocycles. The molecule has 0 aromatic heterocycles. The summed E-state index contributed by atoms with van der Waals surface area (Å²) in [5, 5.41) is 0.556. The first-order valence-corrected chi connectivity index (χ1v) is 15.1. The molecule has 2 heterocycles. The van der Waals surface area contributed by atoms with Crippen LogP contribution in [0.3, 0.4) is 0 Å². The van der Waals surface area contributed by atoms with E-state index in [2.05, 4.69) is 0 Å². The lowest BCUT2D eigenvalue weighted by atomic mass is 9.83. The number of alkyl halides is 3. The molecule has 3 aromatic carbocycles. The molecule has 0 radical (unpaired) electrons. The van der Waals surface area contributed by atoms with E-state index >= 15 is 0 Å². The molecule has 2 amide bonds. The van der Waals surface area contributed by atoms with Crippen LogP contribution in [0.5, 0.6) is 0 Å². The molecule has 2 aliphatic heterocycles. The Morgan fingerprint density at radius 2 is 1.62 bits per heavy atom. The highest BCUT2D eigenvalue weighted by Gasteiger charge is 2.37. The van der Waals surface area contributed by atoms with E-state index in [1.807, 2.05) is 17.0 Å². The zero-order valence-corrected chi connectivity index (χ0v) is 25.7. The van der Waals surface area contributed by atoms with Crippen molar-refractivity contribution in [2.75, 3.05) is 37.7 Å². The SMILES string of the molecule is CCOC(=O)C1=C(C)N(Cc2ccc(C(=O)N3CCN(c4cccc(C(F)(F)F)c4)CC3)cc2)C(=O)CC1c1ccc(Cl)cc1. The molecule has 1 atom stereocenters. The Labute approximate surface area is 264 Å². The molecule has 236 valence electrons. The van der Waals surface area contributed by atoms with E-state index in [4.69, 9.17) is 16.3 Å². The third-order valence-electron chi connectivity index (χ3n) is 8.24. The number of allylic oxidation sites excluding steroid dienone is 1. The minimum Gasteiger partial charge on any atom is -0.463 e. The molecule has 7 nitrogen and oxygen atoms in total. The molecule has 0 N–H and O–H groups in total. The van der Waals surface area contributed by atoms with Crippen LogP contribution in [0.25, 0.3) is 0 Å². The third kappa shape index (κ3) is 7.17. The van der Waals surface area contributed by atoms with Gasteiger partial charge in [0.1, 0.15) is 0 Å². The highest BCUT2D eigenvalue weighted by molar-refractivity contribution is 6.30. The number of halogens is 4. The van der Waals surface area contributed by atoms with Crippen LogP contribution in [0, 0.1) is 0 Å². The summed E-state index contributed by atoms with van der Waals surface area (Å²) in [7, 11) is 0. The number of nitrogens with zero attached hydrogens (tertiary/aromatic N) is 3. The lowest BCUT2D eigenvalue weighted by Crippen LogP contribution is -2.48. The molecule has 45 heavy (non-hydrogen) atoms. The Morgan fingerprint density at radius 1 is 0.956 bits per heavy atom. The summed E-state index contributed by atoms with van der Waals surface area (Å²) in [4.78, 5) is 44.7. The molecular weight excluding hydrogens is 607 g/mol. The van der Waals surface area contributed by atoms with Gasteiger partial charge in [-0.2, -0.15) is 13.2 Å². The average Bonchev–Trinajstić information content (AvgIpc) is 3.03. The summed E-state index contributed by atoms with van der Waals surface area (Å²) in [5.74, 6) is -1.24. The number of anilines is 1. The first kappa shape index (κ1) is 32.1. The number of carbonyl (C=O) groups is 3. The van der Waals surface area contributed by atoms with Crippen LogP contribution in [0.4, 0.5) is 18.9 Å². The summed E-state index contributed by atoms with van der Waals surface area (Å²) in [6.45, 7) is 5.45. The van der Waals surface area contributed by atoms with Gasteiger partial charge in [-0.25, -0.2) is 4.79 Å². The smallest absolute Gasteiger partial charge is 0.416 e. The van der Waals surface area contributed by atoms with Crippen LogP contribution in [0.1, 0.15) is 53.2 Å². The molecule has 11 heteroatoms. The molecule has 1 unspecified atom stereocenters. The van der Waals surface area contributed by atoms with Gasteiger partial charge < -0.3 is 19.4 Å². The summed E-state index contributed by atoms with van der Waals surface area (Å²) in [5.41, 5.74) is 2.77. The summed E-state index contributed by atoms with van der Waals surface area (Å²) in [6, 6.07) is 19.2. The number of ether oxygens (including phenoxy) is 1. The minimum atomic E-state index is -4.42. The van der Waals surface area contributed by atoms with Crippen LogP contribution in [-0.4, -0.2) is 60.4 Å². The van der Waals surface area contributed by atoms with Gasteiger partial charge in [-0.1, -0.05) is 41.9 Å². The van der Waals surface area contributed by atoms with Gasteiger partial charge in [0.15, 0.2) is 0 Å². The fourth-order valence-electron chi connectivity index (χ4n) is 5.82. The molecule has 1 fully saturated rings. The summed E-state index contributed by atoms with van der Waals surface area (Å²) >= 11 is 6.06. The fourth-order valence-corrected chi connectivity index (χ4v) is 5.95. The maximum atomic E-state index is 13.4. The summed E-state index contributed by atoms with van der Waals surface area (Å²) in [6.07, 6.45) is -4.32. The Hall–Kier alpha value is -4.31. The van der Waals surface area contributed by atoms with Crippen molar-refractivity contribution in [2.24, 2.45) is 0 Å². The molecule has 2 aliphatic rings. The standard InChI is InChI=1S/C34H33ClF3N3O4/c1-3-45-33(44)31-22(2)41(30(42)20-29(31)24-11-13-27(35)14-12-24)21-23-7-9-25(10-8-23)32(43)40-17-15-39(16-18-40)28-6-4-5-26(19-28)34(36,37)38/h4-14,19,29H,3,15-18,20-21H2,1-2H3. The third-order valence-corrected chi connectivity index (χ3v) is 8.49. The summed E-state index contributed by atoms with van der Waals surface area (Å²) < 4.78 is 44.8. The second kappa shape index (κ2) is 13.4. The number of carbonyl (C=O) groups excluding carboxylic acids is 3. The predicted molar refractivity (Wildman–Crippen MR) is 165 cm³/mol. The predicted octanol–water partition coefficient (Wildman–Crippen LogP) is 6.67. The maximum absolute atomic E-state index is 13.4. The number of amides is 2. The van der Waals surface area contributed by atoms with E-state index in [1.54, 1.807) is 66.1 Å². The van der Waals surface area contributed by atoms with E-state index in [-0.39, 0.29) is 31.4 Å². The molecule has 5 rings (SSSR count). The highest BCUT2D eigenvalue weighted by atomic mass is 35.5. The van der Waals surface area contributed by atoms with Crippen molar-refractivity contribution in [3.05, 3.63) is 111 Å². The van der Waals surface area contributed by atoms with E-state index in [0.717, 1.165) is 23.3 Å². The first-order valence-electron chi connectivity index (χ1n) is 14.7. The second-order valence-electron chi connectivity index (χ2n) is 11.0. The number of hydrogen-bond donors (Lipinski definition) is 0.